The maximum absolute atomic E-state index is 13.4. The number of carbonyl (C=O) groups is 1. The van der Waals surface area contributed by atoms with Gasteiger partial charge in [0.15, 0.2) is 16.7 Å². The first-order valence-electron chi connectivity index (χ1n) is 9.17. The highest BCUT2D eigenvalue weighted by molar-refractivity contribution is 9.13. The molecule has 0 spiro atoms. The zero-order valence-electron chi connectivity index (χ0n) is 16.3. The highest BCUT2D eigenvalue weighted by Gasteiger charge is 2.35. The number of hydrogen-bond acceptors (Lipinski definition) is 5. The third-order valence-corrected chi connectivity index (χ3v) is 7.61. The van der Waals surface area contributed by atoms with Crippen LogP contribution in [0.3, 0.4) is 0 Å². The van der Waals surface area contributed by atoms with Gasteiger partial charge in [-0.15, -0.1) is 0 Å². The van der Waals surface area contributed by atoms with Gasteiger partial charge in [-0.1, -0.05) is 36.4 Å². The van der Waals surface area contributed by atoms with Crippen LogP contribution in [0.5, 0.6) is 11.5 Å². The fourth-order valence-corrected chi connectivity index (χ4v) is 4.81. The van der Waals surface area contributed by atoms with E-state index >= 15 is 0 Å². The summed E-state index contributed by atoms with van der Waals surface area (Å²) in [5.41, 5.74) is 2.18. The second-order valence-electron chi connectivity index (χ2n) is 6.46. The van der Waals surface area contributed by atoms with Crippen molar-refractivity contribution in [3.05, 3.63) is 86.1 Å². The zero-order valence-corrected chi connectivity index (χ0v) is 20.2. The third kappa shape index (κ3) is 4.42. The number of benzene rings is 3. The van der Waals surface area contributed by atoms with Crippen LogP contribution in [0, 0.1) is 0 Å². The van der Waals surface area contributed by atoms with Crippen molar-refractivity contribution < 1.29 is 14.6 Å². The summed E-state index contributed by atoms with van der Waals surface area (Å²) < 4.78 is 6.32. The van der Waals surface area contributed by atoms with Crippen LogP contribution in [0.1, 0.15) is 5.56 Å². The molecule has 0 aliphatic carbocycles. The molecule has 3 aromatic carbocycles. The molecule has 0 saturated carbocycles. The lowest BCUT2D eigenvalue weighted by Crippen LogP contribution is -2.28. The lowest BCUT2D eigenvalue weighted by molar-refractivity contribution is -0.113. The van der Waals surface area contributed by atoms with Gasteiger partial charge in [-0.2, -0.15) is 0 Å². The second kappa shape index (κ2) is 9.30. The predicted molar refractivity (Wildman–Crippen MR) is 133 cm³/mol. The molecule has 0 unspecified atom stereocenters. The van der Waals surface area contributed by atoms with Crippen molar-refractivity contribution in [2.75, 3.05) is 12.0 Å². The molecule has 0 aromatic heterocycles. The van der Waals surface area contributed by atoms with E-state index < -0.39 is 0 Å². The normalized spacial score (nSPS) is 16.4. The summed E-state index contributed by atoms with van der Waals surface area (Å²) in [7, 11) is 1.48. The molecule has 8 heteroatoms. The molecule has 3 aromatic rings. The molecular weight excluding hydrogens is 544 g/mol. The summed E-state index contributed by atoms with van der Waals surface area (Å²) >= 11 is 8.13. The molecular formula is C23H16Br2N2O3S. The zero-order chi connectivity index (χ0) is 22.0. The van der Waals surface area contributed by atoms with Crippen LogP contribution in [-0.2, 0) is 4.79 Å². The standard InChI is InChI=1S/C23H16Br2N2O3S/c1-30-17-12-14(19(24)20(25)21(17)28)13-18-22(29)27(16-10-6-3-7-11-16)23(31-18)26-15-8-4-2-5-9-15/h2-13,28H,1H3/b18-13+,26-23?. The van der Waals surface area contributed by atoms with Gasteiger partial charge in [-0.3, -0.25) is 9.69 Å². The molecule has 1 aliphatic rings. The number of aliphatic imine (C=N–C) groups is 1. The van der Waals surface area contributed by atoms with Gasteiger partial charge in [-0.25, -0.2) is 4.99 Å². The van der Waals surface area contributed by atoms with Gasteiger partial charge in [0.2, 0.25) is 0 Å². The molecule has 1 heterocycles. The van der Waals surface area contributed by atoms with E-state index in [1.807, 2.05) is 60.7 Å². The van der Waals surface area contributed by atoms with Crippen molar-refractivity contribution in [3.63, 3.8) is 0 Å². The quantitative estimate of drug-likeness (QED) is 0.360. The molecule has 0 bridgehead atoms. The van der Waals surface area contributed by atoms with Crippen molar-refractivity contribution in [1.82, 2.24) is 0 Å². The lowest BCUT2D eigenvalue weighted by atomic mass is 10.1. The molecule has 156 valence electrons. The van der Waals surface area contributed by atoms with Crippen molar-refractivity contribution in [3.8, 4) is 11.5 Å². The van der Waals surface area contributed by atoms with E-state index in [2.05, 4.69) is 31.9 Å². The Labute approximate surface area is 200 Å². The average Bonchev–Trinajstić information content (AvgIpc) is 3.09. The number of aromatic hydroxyl groups is 1. The first kappa shape index (κ1) is 21.7. The summed E-state index contributed by atoms with van der Waals surface area (Å²) in [6.45, 7) is 0. The first-order chi connectivity index (χ1) is 15.0. The van der Waals surface area contributed by atoms with Crippen LogP contribution in [0.2, 0.25) is 0 Å². The number of anilines is 1. The molecule has 1 saturated heterocycles. The van der Waals surface area contributed by atoms with Gasteiger partial charge in [0.25, 0.3) is 5.91 Å². The monoisotopic (exact) mass is 558 g/mol. The number of ether oxygens (including phenoxy) is 1. The number of para-hydroxylation sites is 2. The van der Waals surface area contributed by atoms with E-state index in [0.29, 0.717) is 30.3 Å². The lowest BCUT2D eigenvalue weighted by Gasteiger charge is -2.15. The van der Waals surface area contributed by atoms with Crippen LogP contribution in [0.4, 0.5) is 11.4 Å². The first-order valence-corrected chi connectivity index (χ1v) is 11.6. The molecule has 0 atom stereocenters. The Morgan fingerprint density at radius 3 is 2.32 bits per heavy atom. The molecule has 0 radical (unpaired) electrons. The fourth-order valence-electron chi connectivity index (χ4n) is 2.98. The molecule has 31 heavy (non-hydrogen) atoms. The van der Waals surface area contributed by atoms with E-state index in [-0.39, 0.29) is 11.7 Å². The Morgan fingerprint density at radius 1 is 1.03 bits per heavy atom. The van der Waals surface area contributed by atoms with Crippen LogP contribution in [0.25, 0.3) is 6.08 Å². The Kier molecular flexibility index (Phi) is 6.50. The van der Waals surface area contributed by atoms with Gasteiger partial charge >= 0.3 is 0 Å². The number of phenols is 1. The number of phenolic OH excluding ortho intramolecular Hbond substituents is 1. The number of halogens is 2. The van der Waals surface area contributed by atoms with Crippen molar-refractivity contribution in [2.45, 2.75) is 0 Å². The minimum atomic E-state index is -0.180. The van der Waals surface area contributed by atoms with Gasteiger partial charge in [-0.05, 0) is 85.6 Å². The highest BCUT2D eigenvalue weighted by atomic mass is 79.9. The van der Waals surface area contributed by atoms with E-state index in [9.17, 15) is 9.90 Å². The van der Waals surface area contributed by atoms with Gasteiger partial charge in [0.05, 0.1) is 27.9 Å². The molecule has 1 aliphatic heterocycles. The van der Waals surface area contributed by atoms with Gasteiger partial charge in [0.1, 0.15) is 0 Å². The summed E-state index contributed by atoms with van der Waals surface area (Å²) in [4.78, 5) is 20.2. The molecule has 1 fully saturated rings. The summed E-state index contributed by atoms with van der Waals surface area (Å²) in [6.07, 6.45) is 1.76. The van der Waals surface area contributed by atoms with E-state index in [1.165, 1.54) is 18.9 Å². The Hall–Kier alpha value is -2.55. The van der Waals surface area contributed by atoms with Crippen LogP contribution in [0.15, 0.2) is 85.6 Å². The second-order valence-corrected chi connectivity index (χ2v) is 9.06. The van der Waals surface area contributed by atoms with E-state index in [1.54, 1.807) is 17.0 Å². The fraction of sp³-hybridized carbons (Fsp3) is 0.0435. The maximum Gasteiger partial charge on any atom is 0.271 e. The van der Waals surface area contributed by atoms with Gasteiger partial charge < -0.3 is 9.84 Å². The topological polar surface area (TPSA) is 62.1 Å². The van der Waals surface area contributed by atoms with Crippen molar-refractivity contribution >= 4 is 72.1 Å². The number of amides is 1. The number of hydrogen-bond donors (Lipinski definition) is 1. The minimum absolute atomic E-state index is 0.0147. The molecule has 5 nitrogen and oxygen atoms in total. The number of thioether (sulfide) groups is 1. The van der Waals surface area contributed by atoms with E-state index in [0.717, 1.165) is 11.4 Å². The third-order valence-electron chi connectivity index (χ3n) is 4.48. The Morgan fingerprint density at radius 2 is 1.68 bits per heavy atom. The SMILES string of the molecule is COc1cc(/C=C2/SC(=Nc3ccccc3)N(c3ccccc3)C2=O)c(Br)c(Br)c1O. The van der Waals surface area contributed by atoms with Gasteiger partial charge in [0, 0.05) is 4.47 Å². The predicted octanol–water partition coefficient (Wildman–Crippen LogP) is 6.73. The minimum Gasteiger partial charge on any atom is -0.503 e. The number of rotatable bonds is 4. The highest BCUT2D eigenvalue weighted by Crippen LogP contribution is 2.44. The van der Waals surface area contributed by atoms with Crippen molar-refractivity contribution in [1.29, 1.82) is 0 Å². The number of carbonyl (C=O) groups excluding carboxylic acids is 1. The smallest absolute Gasteiger partial charge is 0.271 e. The average molecular weight is 560 g/mol. The maximum atomic E-state index is 13.4. The van der Waals surface area contributed by atoms with E-state index in [4.69, 9.17) is 9.73 Å². The van der Waals surface area contributed by atoms with Crippen LogP contribution >= 0.6 is 43.6 Å². The number of amidine groups is 1. The Balaban J connectivity index is 1.81. The number of nitrogens with zero attached hydrogens (tertiary/aromatic N) is 2. The van der Waals surface area contributed by atoms with Crippen molar-refractivity contribution in [2.24, 2.45) is 4.99 Å². The molecule has 4 rings (SSSR count). The van der Waals surface area contributed by atoms with Crippen LogP contribution < -0.4 is 9.64 Å². The summed E-state index contributed by atoms with van der Waals surface area (Å²) in [5.74, 6) is 0.107. The largest absolute Gasteiger partial charge is 0.503 e. The van der Waals surface area contributed by atoms with Crippen LogP contribution in [-0.4, -0.2) is 23.3 Å². The number of methoxy groups -OCH3 is 1. The molecule has 1 N–H and O–H groups in total. The summed E-state index contributed by atoms with van der Waals surface area (Å²) in [5, 5.41) is 10.8. The summed E-state index contributed by atoms with van der Waals surface area (Å²) in [6, 6.07) is 20.6. The Bertz CT molecular complexity index is 1200. The molecule has 1 amide bonds.